The normalized spacial score (nSPS) is 11.3. The predicted octanol–water partition coefficient (Wildman–Crippen LogP) is 15.7. The lowest BCUT2D eigenvalue weighted by molar-refractivity contribution is 0.670. The monoisotopic (exact) mass is 778 g/mol. The van der Waals surface area contributed by atoms with E-state index in [0.717, 1.165) is 100 Å². The van der Waals surface area contributed by atoms with Crippen LogP contribution in [-0.2, 0) is 0 Å². The Morgan fingerprint density at radius 2 is 0.738 bits per heavy atom. The number of furan rings is 1. The van der Waals surface area contributed by atoms with Crippen molar-refractivity contribution < 1.29 is 4.42 Å². The molecule has 0 fully saturated rings. The lowest BCUT2D eigenvalue weighted by Crippen LogP contribution is -1.95. The molecule has 0 aliphatic rings. The van der Waals surface area contributed by atoms with Gasteiger partial charge in [0.1, 0.15) is 11.2 Å². The molecule has 0 aliphatic carbocycles. The van der Waals surface area contributed by atoms with Crippen molar-refractivity contribution in [2.24, 2.45) is 0 Å². The molecule has 0 saturated carbocycles. The lowest BCUT2D eigenvalue weighted by Gasteiger charge is -2.19. The number of nitrogens with zero attached hydrogens (tertiary/aromatic N) is 2. The van der Waals surface area contributed by atoms with Gasteiger partial charge in [0.2, 0.25) is 0 Å². The molecule has 286 valence electrons. The van der Waals surface area contributed by atoms with Gasteiger partial charge in [0, 0.05) is 33.0 Å². The number of hydrogen-bond acceptors (Lipinski definition) is 3. The average molecular weight is 779 g/mol. The summed E-state index contributed by atoms with van der Waals surface area (Å²) < 4.78 is 6.67. The van der Waals surface area contributed by atoms with Crippen molar-refractivity contribution >= 4 is 21.9 Å². The van der Waals surface area contributed by atoms with Gasteiger partial charge in [-0.05, 0) is 74.3 Å². The van der Waals surface area contributed by atoms with Gasteiger partial charge in [-0.3, -0.25) is 0 Å². The fourth-order valence-electron chi connectivity index (χ4n) is 8.50. The smallest absolute Gasteiger partial charge is 0.160 e. The summed E-state index contributed by atoms with van der Waals surface area (Å²) in [6, 6.07) is 81.2. The van der Waals surface area contributed by atoms with E-state index < -0.39 is 0 Å². The van der Waals surface area contributed by atoms with Crippen molar-refractivity contribution in [3.8, 4) is 89.5 Å². The maximum Gasteiger partial charge on any atom is 0.160 e. The molecule has 0 saturated heterocycles. The van der Waals surface area contributed by atoms with Crippen LogP contribution in [0.2, 0.25) is 0 Å². The number of aromatic nitrogens is 2. The van der Waals surface area contributed by atoms with Gasteiger partial charge < -0.3 is 4.42 Å². The Bertz CT molecular complexity index is 3250. The van der Waals surface area contributed by atoms with Crippen molar-refractivity contribution in [2.75, 3.05) is 0 Å². The SMILES string of the molecule is c1ccc(-c2cc(-c3ccc(-c4ccc(-c5cc(-c6ccccc6)nc(-c6ccccc6)n5)cc4)cc3)c(-c3ccccc3)c(-c3cccc4c3oc3ccccc34)c2)cc1. The van der Waals surface area contributed by atoms with E-state index in [-0.39, 0.29) is 0 Å². The molecule has 11 rings (SSSR count). The molecule has 2 aromatic heterocycles. The molecule has 61 heavy (non-hydrogen) atoms. The summed E-state index contributed by atoms with van der Waals surface area (Å²) in [7, 11) is 0. The molecule has 0 N–H and O–H groups in total. The zero-order valence-corrected chi connectivity index (χ0v) is 33.2. The molecule has 3 heteroatoms. The van der Waals surface area contributed by atoms with Crippen LogP contribution >= 0.6 is 0 Å². The fourth-order valence-corrected chi connectivity index (χ4v) is 8.50. The molecule has 0 radical (unpaired) electrons. The average Bonchev–Trinajstić information content (AvgIpc) is 3.74. The maximum atomic E-state index is 6.67. The summed E-state index contributed by atoms with van der Waals surface area (Å²) in [6.45, 7) is 0. The Kier molecular flexibility index (Phi) is 9.18. The van der Waals surface area contributed by atoms with Gasteiger partial charge in [-0.1, -0.05) is 206 Å². The number of benzene rings is 9. The first-order valence-corrected chi connectivity index (χ1v) is 20.6. The molecule has 11 aromatic rings. The minimum absolute atomic E-state index is 0.709. The van der Waals surface area contributed by atoms with Crippen LogP contribution in [0.5, 0.6) is 0 Å². The van der Waals surface area contributed by atoms with Crippen LogP contribution < -0.4 is 0 Å². The van der Waals surface area contributed by atoms with Crippen molar-refractivity contribution in [1.82, 2.24) is 9.97 Å². The molecular weight excluding hydrogens is 741 g/mol. The molecule has 3 nitrogen and oxygen atoms in total. The van der Waals surface area contributed by atoms with Crippen LogP contribution in [-0.4, -0.2) is 9.97 Å². The highest BCUT2D eigenvalue weighted by Crippen LogP contribution is 2.46. The van der Waals surface area contributed by atoms with Gasteiger partial charge in [0.25, 0.3) is 0 Å². The van der Waals surface area contributed by atoms with Crippen molar-refractivity contribution in [1.29, 1.82) is 0 Å². The highest BCUT2D eigenvalue weighted by atomic mass is 16.3. The van der Waals surface area contributed by atoms with Crippen molar-refractivity contribution in [3.63, 3.8) is 0 Å². The van der Waals surface area contributed by atoms with E-state index >= 15 is 0 Å². The molecule has 0 aliphatic heterocycles. The van der Waals surface area contributed by atoms with Crippen LogP contribution in [0.3, 0.4) is 0 Å². The number of fused-ring (bicyclic) bond motifs is 3. The molecule has 0 spiro atoms. The zero-order chi connectivity index (χ0) is 40.5. The molecule has 0 amide bonds. The summed E-state index contributed by atoms with van der Waals surface area (Å²) in [5.74, 6) is 0.709. The van der Waals surface area contributed by atoms with E-state index in [1.165, 1.54) is 5.56 Å². The number of hydrogen-bond donors (Lipinski definition) is 0. The third-order valence-corrected chi connectivity index (χ3v) is 11.5. The number of para-hydroxylation sites is 2. The highest BCUT2D eigenvalue weighted by Gasteiger charge is 2.21. The van der Waals surface area contributed by atoms with E-state index in [9.17, 15) is 0 Å². The van der Waals surface area contributed by atoms with Crippen LogP contribution in [0, 0.1) is 0 Å². The molecule has 9 aromatic carbocycles. The zero-order valence-electron chi connectivity index (χ0n) is 33.2. The highest BCUT2D eigenvalue weighted by molar-refractivity contribution is 6.12. The van der Waals surface area contributed by atoms with Crippen molar-refractivity contribution in [2.45, 2.75) is 0 Å². The van der Waals surface area contributed by atoms with Gasteiger partial charge in [0.15, 0.2) is 5.82 Å². The van der Waals surface area contributed by atoms with E-state index in [4.69, 9.17) is 14.4 Å². The third kappa shape index (κ3) is 6.88. The Hall–Kier alpha value is -8.14. The molecule has 0 unspecified atom stereocenters. The van der Waals surface area contributed by atoms with Crippen LogP contribution in [0.15, 0.2) is 235 Å². The molecule has 0 atom stereocenters. The van der Waals surface area contributed by atoms with Gasteiger partial charge in [0.05, 0.1) is 11.4 Å². The fraction of sp³-hybridized carbons (Fsp3) is 0. The van der Waals surface area contributed by atoms with Crippen LogP contribution in [0.25, 0.3) is 111 Å². The largest absolute Gasteiger partial charge is 0.455 e. The van der Waals surface area contributed by atoms with Crippen LogP contribution in [0.4, 0.5) is 0 Å². The summed E-state index contributed by atoms with van der Waals surface area (Å²) >= 11 is 0. The Morgan fingerprint density at radius 1 is 0.279 bits per heavy atom. The van der Waals surface area contributed by atoms with Gasteiger partial charge >= 0.3 is 0 Å². The summed E-state index contributed by atoms with van der Waals surface area (Å²) in [4.78, 5) is 10.0. The third-order valence-electron chi connectivity index (χ3n) is 11.5. The summed E-state index contributed by atoms with van der Waals surface area (Å²) in [6.07, 6.45) is 0. The second kappa shape index (κ2) is 15.6. The maximum absolute atomic E-state index is 6.67. The number of rotatable bonds is 8. The Labute approximate surface area is 354 Å². The molecule has 0 bridgehead atoms. The quantitative estimate of drug-likeness (QED) is 0.154. The van der Waals surface area contributed by atoms with Crippen molar-refractivity contribution in [3.05, 3.63) is 231 Å². The Morgan fingerprint density at radius 3 is 1.38 bits per heavy atom. The minimum atomic E-state index is 0.709. The minimum Gasteiger partial charge on any atom is -0.455 e. The molecular formula is C58H38N2O. The summed E-state index contributed by atoms with van der Waals surface area (Å²) in [5, 5.41) is 2.23. The van der Waals surface area contributed by atoms with Gasteiger partial charge in [-0.2, -0.15) is 0 Å². The topological polar surface area (TPSA) is 38.9 Å². The molecule has 2 heterocycles. The van der Waals surface area contributed by atoms with Gasteiger partial charge in [-0.25, -0.2) is 9.97 Å². The Balaban J connectivity index is 1.02. The predicted molar refractivity (Wildman–Crippen MR) is 253 cm³/mol. The standard InChI is InChI=1S/C58H38N2O/c1-5-16-39(17-6-1)47-36-51(56(45-20-9-3-10-21-45)52(37-47)50-26-15-25-49-48-24-13-14-27-55(48)61-57(49)50)42-32-28-40(29-33-42)41-30-34-44(35-31-41)54-38-53(43-18-7-2-8-19-43)59-58(60-54)46-22-11-4-12-23-46/h1-38H. The van der Waals surface area contributed by atoms with Gasteiger partial charge in [-0.15, -0.1) is 0 Å². The first-order chi connectivity index (χ1) is 30.2. The second-order valence-corrected chi connectivity index (χ2v) is 15.3. The first-order valence-electron chi connectivity index (χ1n) is 20.6. The first kappa shape index (κ1) is 36.0. The lowest BCUT2D eigenvalue weighted by atomic mass is 9.84. The van der Waals surface area contributed by atoms with Crippen LogP contribution in [0.1, 0.15) is 0 Å². The summed E-state index contributed by atoms with van der Waals surface area (Å²) in [5.41, 5.74) is 18.0. The second-order valence-electron chi connectivity index (χ2n) is 15.3. The van der Waals surface area contributed by atoms with E-state index in [0.29, 0.717) is 5.82 Å². The van der Waals surface area contributed by atoms with E-state index in [1.54, 1.807) is 0 Å². The van der Waals surface area contributed by atoms with E-state index in [2.05, 4.69) is 188 Å². The van der Waals surface area contributed by atoms with E-state index in [1.807, 2.05) is 42.5 Å².